The first-order valence-corrected chi connectivity index (χ1v) is 10.4. The Labute approximate surface area is 189 Å². The van der Waals surface area contributed by atoms with Gasteiger partial charge >= 0.3 is 0 Å². The summed E-state index contributed by atoms with van der Waals surface area (Å²) in [5, 5.41) is 11.6. The highest BCUT2D eigenvalue weighted by Crippen LogP contribution is 2.40. The molecule has 0 saturated carbocycles. The van der Waals surface area contributed by atoms with Crippen molar-refractivity contribution in [3.05, 3.63) is 107 Å². The van der Waals surface area contributed by atoms with Crippen LogP contribution in [0.5, 0.6) is 5.75 Å². The third kappa shape index (κ3) is 3.63. The summed E-state index contributed by atoms with van der Waals surface area (Å²) in [6.45, 7) is 0.171. The van der Waals surface area contributed by atoms with E-state index in [9.17, 15) is 14.7 Å². The summed E-state index contributed by atoms with van der Waals surface area (Å²) in [6, 6.07) is 18.8. The lowest BCUT2D eigenvalue weighted by molar-refractivity contribution is -0.130. The fourth-order valence-electron chi connectivity index (χ4n) is 4.13. The van der Waals surface area contributed by atoms with Crippen molar-refractivity contribution in [1.29, 1.82) is 0 Å². The number of aliphatic hydroxyl groups excluding tert-OH is 1. The number of Topliss-reactive ketones (excluding diaryl/α,β-unsaturated/α-hetero) is 1. The minimum atomic E-state index is -0.799. The van der Waals surface area contributed by atoms with E-state index in [2.05, 4.69) is 4.98 Å². The molecule has 0 radical (unpaired) electrons. The van der Waals surface area contributed by atoms with Crippen molar-refractivity contribution in [1.82, 2.24) is 9.88 Å². The number of ether oxygens (including phenoxy) is 1. The van der Waals surface area contributed by atoms with Gasteiger partial charge in [-0.1, -0.05) is 30.3 Å². The molecule has 4 aromatic rings. The van der Waals surface area contributed by atoms with Crippen LogP contribution in [0.4, 0.5) is 0 Å². The first kappa shape index (κ1) is 20.5. The molecular weight excluding hydrogens is 420 g/mol. The topological polar surface area (TPSA) is 92.9 Å². The Morgan fingerprint density at radius 3 is 2.64 bits per heavy atom. The van der Waals surface area contributed by atoms with Crippen molar-refractivity contribution in [2.24, 2.45) is 0 Å². The Morgan fingerprint density at radius 1 is 1.09 bits per heavy atom. The Morgan fingerprint density at radius 2 is 1.88 bits per heavy atom. The molecule has 1 aliphatic rings. The van der Waals surface area contributed by atoms with Gasteiger partial charge in [0.15, 0.2) is 11.5 Å². The molecule has 0 bridgehead atoms. The number of nitrogens with zero attached hydrogens (tertiary/aromatic N) is 2. The van der Waals surface area contributed by atoms with E-state index < -0.39 is 23.5 Å². The summed E-state index contributed by atoms with van der Waals surface area (Å²) in [7, 11) is 1.57. The second-order valence-corrected chi connectivity index (χ2v) is 7.71. The van der Waals surface area contributed by atoms with E-state index in [4.69, 9.17) is 9.15 Å². The molecule has 0 spiro atoms. The number of pyridine rings is 1. The molecule has 7 nitrogen and oxygen atoms in total. The van der Waals surface area contributed by atoms with Gasteiger partial charge in [-0.25, -0.2) is 0 Å². The van der Waals surface area contributed by atoms with Crippen molar-refractivity contribution in [3.63, 3.8) is 0 Å². The molecule has 2 aromatic carbocycles. The number of carbonyl (C=O) groups excluding carboxylic acids is 2. The van der Waals surface area contributed by atoms with E-state index in [-0.39, 0.29) is 17.9 Å². The van der Waals surface area contributed by atoms with Crippen LogP contribution in [-0.2, 0) is 11.3 Å². The standard InChI is InChI=1S/C26H20N2O5/c1-32-19-7-4-5-16(13-19)15-28-23(17-9-11-27-12-10-17)22(25(30)26(28)31)24(29)21-14-18-6-2-3-8-20(18)33-21/h2-14,23,30H,15H2,1H3. The van der Waals surface area contributed by atoms with E-state index in [0.717, 1.165) is 10.9 Å². The predicted octanol–water partition coefficient (Wildman–Crippen LogP) is 4.61. The number of rotatable bonds is 6. The number of para-hydroxylation sites is 1. The van der Waals surface area contributed by atoms with Gasteiger partial charge in [-0.2, -0.15) is 0 Å². The van der Waals surface area contributed by atoms with Gasteiger partial charge in [0.05, 0.1) is 18.7 Å². The number of aromatic nitrogens is 1. The molecule has 0 aliphatic carbocycles. The van der Waals surface area contributed by atoms with Crippen LogP contribution in [0.25, 0.3) is 11.0 Å². The number of hydrogen-bond acceptors (Lipinski definition) is 6. The highest BCUT2D eigenvalue weighted by molar-refractivity contribution is 6.16. The molecule has 5 rings (SSSR count). The van der Waals surface area contributed by atoms with Gasteiger partial charge in [-0.15, -0.1) is 0 Å². The second kappa shape index (κ2) is 8.27. The first-order chi connectivity index (χ1) is 16.1. The molecule has 1 unspecified atom stereocenters. The first-order valence-electron chi connectivity index (χ1n) is 10.4. The number of hydrogen-bond donors (Lipinski definition) is 1. The maximum Gasteiger partial charge on any atom is 0.290 e. The zero-order valence-corrected chi connectivity index (χ0v) is 17.8. The lowest BCUT2D eigenvalue weighted by atomic mass is 9.95. The van der Waals surface area contributed by atoms with Gasteiger partial charge in [0.1, 0.15) is 11.3 Å². The van der Waals surface area contributed by atoms with E-state index in [1.54, 1.807) is 43.8 Å². The Bertz CT molecular complexity index is 1360. The molecular formula is C26H20N2O5. The average molecular weight is 440 g/mol. The number of amides is 1. The Balaban J connectivity index is 1.58. The molecule has 1 atom stereocenters. The minimum Gasteiger partial charge on any atom is -0.503 e. The van der Waals surface area contributed by atoms with Crippen molar-refractivity contribution in [3.8, 4) is 5.75 Å². The third-order valence-electron chi connectivity index (χ3n) is 5.71. The number of furan rings is 1. The van der Waals surface area contributed by atoms with Gasteiger partial charge in [-0.3, -0.25) is 14.6 Å². The SMILES string of the molecule is COc1cccc(CN2C(=O)C(O)=C(C(=O)c3cc4ccccc4o3)C2c2ccncc2)c1. The fraction of sp³-hybridized carbons (Fsp3) is 0.115. The molecule has 0 saturated heterocycles. The maximum atomic E-state index is 13.5. The molecule has 33 heavy (non-hydrogen) atoms. The minimum absolute atomic E-state index is 0.0202. The van der Waals surface area contributed by atoms with Gasteiger partial charge < -0.3 is 19.2 Å². The van der Waals surface area contributed by atoms with Crippen molar-refractivity contribution in [2.75, 3.05) is 7.11 Å². The Hall–Kier alpha value is -4.39. The van der Waals surface area contributed by atoms with Crippen LogP contribution >= 0.6 is 0 Å². The van der Waals surface area contributed by atoms with Crippen LogP contribution in [0.2, 0.25) is 0 Å². The van der Waals surface area contributed by atoms with Crippen molar-refractivity contribution < 1.29 is 23.8 Å². The monoisotopic (exact) mass is 440 g/mol. The van der Waals surface area contributed by atoms with Crippen LogP contribution < -0.4 is 4.74 Å². The van der Waals surface area contributed by atoms with E-state index in [1.807, 2.05) is 42.5 Å². The number of ketones is 1. The molecule has 0 fully saturated rings. The summed E-state index contributed by atoms with van der Waals surface area (Å²) in [5.74, 6) is -1.03. The highest BCUT2D eigenvalue weighted by Gasteiger charge is 2.44. The number of aliphatic hydroxyl groups is 1. The molecule has 164 valence electrons. The van der Waals surface area contributed by atoms with Gasteiger partial charge in [-0.05, 0) is 47.5 Å². The third-order valence-corrected chi connectivity index (χ3v) is 5.71. The summed E-state index contributed by atoms with van der Waals surface area (Å²) in [5.41, 5.74) is 1.99. The predicted molar refractivity (Wildman–Crippen MR) is 121 cm³/mol. The van der Waals surface area contributed by atoms with E-state index >= 15 is 0 Å². The Kier molecular flexibility index (Phi) is 5.14. The zero-order valence-electron chi connectivity index (χ0n) is 17.8. The van der Waals surface area contributed by atoms with Crippen molar-refractivity contribution >= 4 is 22.7 Å². The van der Waals surface area contributed by atoms with E-state index in [0.29, 0.717) is 16.9 Å². The van der Waals surface area contributed by atoms with Crippen molar-refractivity contribution in [2.45, 2.75) is 12.6 Å². The van der Waals surface area contributed by atoms with Crippen LogP contribution in [0.3, 0.4) is 0 Å². The van der Waals surface area contributed by atoms with Crippen LogP contribution in [-0.4, -0.2) is 33.8 Å². The number of benzene rings is 2. The molecule has 3 heterocycles. The number of fused-ring (bicyclic) bond motifs is 1. The van der Waals surface area contributed by atoms with Crippen LogP contribution in [0, 0.1) is 0 Å². The lowest BCUT2D eigenvalue weighted by Crippen LogP contribution is -2.30. The van der Waals surface area contributed by atoms with Gasteiger partial charge in [0, 0.05) is 24.3 Å². The summed E-state index contributed by atoms with van der Waals surface area (Å²) in [4.78, 5) is 32.2. The van der Waals surface area contributed by atoms with Crippen LogP contribution in [0.15, 0.2) is 94.9 Å². The summed E-state index contributed by atoms with van der Waals surface area (Å²) < 4.78 is 11.0. The average Bonchev–Trinajstić information content (AvgIpc) is 3.39. The van der Waals surface area contributed by atoms with Crippen LogP contribution in [0.1, 0.15) is 27.7 Å². The molecule has 1 aliphatic heterocycles. The maximum absolute atomic E-state index is 13.5. The number of methoxy groups -OCH3 is 1. The number of carbonyl (C=O) groups is 2. The normalized spacial score (nSPS) is 16.0. The summed E-state index contributed by atoms with van der Waals surface area (Å²) >= 11 is 0. The quantitative estimate of drug-likeness (QED) is 0.440. The largest absolute Gasteiger partial charge is 0.503 e. The highest BCUT2D eigenvalue weighted by atomic mass is 16.5. The van der Waals surface area contributed by atoms with E-state index in [1.165, 1.54) is 4.90 Å². The molecule has 7 heteroatoms. The second-order valence-electron chi connectivity index (χ2n) is 7.71. The fourth-order valence-corrected chi connectivity index (χ4v) is 4.13. The molecule has 2 aromatic heterocycles. The molecule has 1 amide bonds. The summed E-state index contributed by atoms with van der Waals surface area (Å²) in [6.07, 6.45) is 3.17. The smallest absolute Gasteiger partial charge is 0.290 e. The molecule has 1 N–H and O–H groups in total. The zero-order chi connectivity index (χ0) is 22.9. The van der Waals surface area contributed by atoms with Gasteiger partial charge in [0.25, 0.3) is 5.91 Å². The van der Waals surface area contributed by atoms with Gasteiger partial charge in [0.2, 0.25) is 5.78 Å². The lowest BCUT2D eigenvalue weighted by Gasteiger charge is -2.26.